The number of benzene rings is 1. The Hall–Kier alpha value is -1.68. The summed E-state index contributed by atoms with van der Waals surface area (Å²) < 4.78 is 0. The smallest absolute Gasteiger partial charge is 0.137 e. The fourth-order valence-corrected chi connectivity index (χ4v) is 2.69. The van der Waals surface area contributed by atoms with Crippen molar-refractivity contribution in [3.05, 3.63) is 30.6 Å². The molecule has 3 rings (SSSR count). The molecule has 1 aromatic heterocycles. The second kappa shape index (κ2) is 4.90. The van der Waals surface area contributed by atoms with Crippen LogP contribution in [0.5, 0.6) is 0 Å². The van der Waals surface area contributed by atoms with Gasteiger partial charge in [0.15, 0.2) is 0 Å². The summed E-state index contributed by atoms with van der Waals surface area (Å²) in [6, 6.07) is 8.46. The Morgan fingerprint density at radius 1 is 1.22 bits per heavy atom. The van der Waals surface area contributed by atoms with E-state index in [1.807, 2.05) is 18.2 Å². The van der Waals surface area contributed by atoms with E-state index in [-0.39, 0.29) is 0 Å². The SMILES string of the molecule is NC1CCC(CNc2ncnc3ccccc23)C1. The molecule has 1 aliphatic carbocycles. The number of nitrogens with two attached hydrogens (primary N) is 1. The molecule has 2 atom stereocenters. The van der Waals surface area contributed by atoms with Crippen LogP contribution in [0, 0.1) is 5.92 Å². The van der Waals surface area contributed by atoms with Gasteiger partial charge in [-0.25, -0.2) is 9.97 Å². The van der Waals surface area contributed by atoms with Crippen LogP contribution in [0.2, 0.25) is 0 Å². The first-order valence-corrected chi connectivity index (χ1v) is 6.52. The first-order valence-electron chi connectivity index (χ1n) is 6.52. The van der Waals surface area contributed by atoms with E-state index in [1.165, 1.54) is 6.42 Å². The third-order valence-electron chi connectivity index (χ3n) is 3.68. The summed E-state index contributed by atoms with van der Waals surface area (Å²) in [5.74, 6) is 1.61. The molecule has 18 heavy (non-hydrogen) atoms. The second-order valence-electron chi connectivity index (χ2n) is 5.06. The van der Waals surface area contributed by atoms with Gasteiger partial charge in [-0.2, -0.15) is 0 Å². The van der Waals surface area contributed by atoms with Crippen LogP contribution in [0.4, 0.5) is 5.82 Å². The molecule has 94 valence electrons. The van der Waals surface area contributed by atoms with Gasteiger partial charge in [0.05, 0.1) is 5.52 Å². The van der Waals surface area contributed by atoms with Gasteiger partial charge in [0.2, 0.25) is 0 Å². The van der Waals surface area contributed by atoms with Crippen LogP contribution in [0.25, 0.3) is 10.9 Å². The first-order chi connectivity index (χ1) is 8.83. The van der Waals surface area contributed by atoms with Crippen molar-refractivity contribution in [3.63, 3.8) is 0 Å². The summed E-state index contributed by atoms with van der Waals surface area (Å²) in [6.45, 7) is 0.953. The Morgan fingerprint density at radius 2 is 2.11 bits per heavy atom. The summed E-state index contributed by atoms with van der Waals surface area (Å²) in [4.78, 5) is 8.60. The third kappa shape index (κ3) is 2.29. The number of nitrogens with zero attached hydrogens (tertiary/aromatic N) is 2. The second-order valence-corrected chi connectivity index (χ2v) is 5.06. The molecule has 2 aromatic rings. The molecule has 4 heteroatoms. The van der Waals surface area contributed by atoms with E-state index in [9.17, 15) is 0 Å². The molecule has 1 heterocycles. The molecule has 4 nitrogen and oxygen atoms in total. The van der Waals surface area contributed by atoms with Crippen molar-refractivity contribution in [2.75, 3.05) is 11.9 Å². The number of hydrogen-bond acceptors (Lipinski definition) is 4. The van der Waals surface area contributed by atoms with Crippen LogP contribution < -0.4 is 11.1 Å². The van der Waals surface area contributed by atoms with Gasteiger partial charge in [0, 0.05) is 18.0 Å². The highest BCUT2D eigenvalue weighted by Crippen LogP contribution is 2.25. The molecule has 1 aliphatic rings. The van der Waals surface area contributed by atoms with E-state index in [0.29, 0.717) is 12.0 Å². The number of para-hydroxylation sites is 1. The fourth-order valence-electron chi connectivity index (χ4n) is 2.69. The molecule has 0 bridgehead atoms. The highest BCUT2D eigenvalue weighted by Gasteiger charge is 2.21. The Morgan fingerprint density at radius 3 is 2.94 bits per heavy atom. The Bertz CT molecular complexity index is 535. The van der Waals surface area contributed by atoms with E-state index in [4.69, 9.17) is 5.73 Å². The molecule has 0 amide bonds. The summed E-state index contributed by atoms with van der Waals surface area (Å²) in [5.41, 5.74) is 6.92. The van der Waals surface area contributed by atoms with Gasteiger partial charge < -0.3 is 11.1 Å². The van der Waals surface area contributed by atoms with Gasteiger partial charge in [0.1, 0.15) is 12.1 Å². The molecule has 2 unspecified atom stereocenters. The topological polar surface area (TPSA) is 63.8 Å². The lowest BCUT2D eigenvalue weighted by atomic mass is 10.1. The minimum atomic E-state index is 0.388. The summed E-state index contributed by atoms with van der Waals surface area (Å²) >= 11 is 0. The molecule has 1 aromatic carbocycles. The monoisotopic (exact) mass is 242 g/mol. The standard InChI is InChI=1S/C14H18N4/c15-11-6-5-10(7-11)8-16-14-12-3-1-2-4-13(12)17-9-18-14/h1-4,9-11H,5-8,15H2,(H,16,17,18). The van der Waals surface area contributed by atoms with Crippen LogP contribution in [0.1, 0.15) is 19.3 Å². The Balaban J connectivity index is 1.74. The van der Waals surface area contributed by atoms with Crippen LogP contribution in [0.15, 0.2) is 30.6 Å². The van der Waals surface area contributed by atoms with E-state index in [1.54, 1.807) is 6.33 Å². The van der Waals surface area contributed by atoms with Crippen molar-refractivity contribution >= 4 is 16.7 Å². The van der Waals surface area contributed by atoms with E-state index >= 15 is 0 Å². The van der Waals surface area contributed by atoms with Crippen molar-refractivity contribution in [3.8, 4) is 0 Å². The molecule has 1 fully saturated rings. The van der Waals surface area contributed by atoms with Gasteiger partial charge in [-0.3, -0.25) is 0 Å². The zero-order chi connectivity index (χ0) is 12.4. The molecule has 0 aliphatic heterocycles. The van der Waals surface area contributed by atoms with Gasteiger partial charge in [-0.1, -0.05) is 12.1 Å². The maximum absolute atomic E-state index is 5.93. The summed E-state index contributed by atoms with van der Waals surface area (Å²) in [6.07, 6.45) is 5.11. The predicted molar refractivity (Wildman–Crippen MR) is 73.3 cm³/mol. The molecule has 3 N–H and O–H groups in total. The largest absolute Gasteiger partial charge is 0.369 e. The number of anilines is 1. The highest BCUT2D eigenvalue weighted by atomic mass is 15.0. The van der Waals surface area contributed by atoms with Gasteiger partial charge in [0.25, 0.3) is 0 Å². The average molecular weight is 242 g/mol. The maximum atomic E-state index is 5.93. The van der Waals surface area contributed by atoms with Crippen LogP contribution >= 0.6 is 0 Å². The molecule has 1 saturated carbocycles. The highest BCUT2D eigenvalue weighted by molar-refractivity contribution is 5.88. The maximum Gasteiger partial charge on any atom is 0.137 e. The number of hydrogen-bond donors (Lipinski definition) is 2. The molecular formula is C14H18N4. The van der Waals surface area contributed by atoms with Crippen molar-refractivity contribution in [2.24, 2.45) is 11.7 Å². The lowest BCUT2D eigenvalue weighted by Crippen LogP contribution is -2.18. The normalized spacial score (nSPS) is 23.4. The number of rotatable bonds is 3. The number of aromatic nitrogens is 2. The molecule has 0 radical (unpaired) electrons. The van der Waals surface area contributed by atoms with Crippen molar-refractivity contribution in [1.82, 2.24) is 9.97 Å². The van der Waals surface area contributed by atoms with Crippen molar-refractivity contribution in [2.45, 2.75) is 25.3 Å². The van der Waals surface area contributed by atoms with Crippen LogP contribution in [0.3, 0.4) is 0 Å². The molecule has 0 spiro atoms. The van der Waals surface area contributed by atoms with E-state index < -0.39 is 0 Å². The van der Waals surface area contributed by atoms with Gasteiger partial charge in [-0.15, -0.1) is 0 Å². The Labute approximate surface area is 107 Å². The fraction of sp³-hybridized carbons (Fsp3) is 0.429. The van der Waals surface area contributed by atoms with Crippen LogP contribution in [-0.4, -0.2) is 22.6 Å². The number of fused-ring (bicyclic) bond motifs is 1. The minimum Gasteiger partial charge on any atom is -0.369 e. The van der Waals surface area contributed by atoms with Crippen molar-refractivity contribution in [1.29, 1.82) is 0 Å². The lowest BCUT2D eigenvalue weighted by Gasteiger charge is -2.12. The van der Waals surface area contributed by atoms with E-state index in [2.05, 4.69) is 21.4 Å². The molecule has 0 saturated heterocycles. The summed E-state index contributed by atoms with van der Waals surface area (Å²) in [5, 5.41) is 4.53. The lowest BCUT2D eigenvalue weighted by molar-refractivity contribution is 0.565. The average Bonchev–Trinajstić information content (AvgIpc) is 2.82. The van der Waals surface area contributed by atoms with Crippen LogP contribution in [-0.2, 0) is 0 Å². The first kappa shape index (κ1) is 11.4. The summed E-state index contributed by atoms with van der Waals surface area (Å²) in [7, 11) is 0. The number of nitrogens with one attached hydrogen (secondary N) is 1. The van der Waals surface area contributed by atoms with Gasteiger partial charge in [-0.05, 0) is 37.3 Å². The third-order valence-corrected chi connectivity index (χ3v) is 3.68. The Kier molecular flexibility index (Phi) is 3.11. The van der Waals surface area contributed by atoms with Crippen molar-refractivity contribution < 1.29 is 0 Å². The molecular weight excluding hydrogens is 224 g/mol. The minimum absolute atomic E-state index is 0.388. The predicted octanol–water partition coefficient (Wildman–Crippen LogP) is 2.17. The zero-order valence-corrected chi connectivity index (χ0v) is 10.3. The zero-order valence-electron chi connectivity index (χ0n) is 10.3. The quantitative estimate of drug-likeness (QED) is 0.865. The van der Waals surface area contributed by atoms with Gasteiger partial charge >= 0.3 is 0 Å². The van der Waals surface area contributed by atoms with E-state index in [0.717, 1.165) is 36.1 Å².